The van der Waals surface area contributed by atoms with Gasteiger partial charge in [-0.2, -0.15) is 4.68 Å². The first-order chi connectivity index (χ1) is 10.4. The second kappa shape index (κ2) is 4.83. The molecule has 4 rings (SSSR count). The van der Waals surface area contributed by atoms with E-state index in [1.54, 1.807) is 4.68 Å². The molecule has 0 radical (unpaired) electrons. The molecule has 0 N–H and O–H groups in total. The molecule has 0 aliphatic heterocycles. The Morgan fingerprint density at radius 1 is 0.714 bits per heavy atom. The Kier molecular flexibility index (Phi) is 2.71. The summed E-state index contributed by atoms with van der Waals surface area (Å²) in [7, 11) is 0. The van der Waals surface area contributed by atoms with Crippen LogP contribution in [0.25, 0.3) is 27.8 Å². The van der Waals surface area contributed by atoms with Crippen molar-refractivity contribution >= 4 is 10.8 Å². The van der Waals surface area contributed by atoms with E-state index in [2.05, 4.69) is 33.7 Å². The Labute approximate surface area is 121 Å². The molecular weight excluding hydrogens is 260 g/mol. The summed E-state index contributed by atoms with van der Waals surface area (Å²) in [6, 6.07) is 24.3. The minimum absolute atomic E-state index is 0.743. The third-order valence-corrected chi connectivity index (χ3v) is 3.50. The van der Waals surface area contributed by atoms with Gasteiger partial charge < -0.3 is 0 Å². The van der Waals surface area contributed by atoms with E-state index in [1.165, 1.54) is 5.39 Å². The highest BCUT2D eigenvalue weighted by atomic mass is 15.5. The summed E-state index contributed by atoms with van der Waals surface area (Å²) >= 11 is 0. The molecule has 0 aliphatic carbocycles. The summed E-state index contributed by atoms with van der Waals surface area (Å²) in [6.45, 7) is 0. The molecule has 100 valence electrons. The third-order valence-electron chi connectivity index (χ3n) is 3.50. The van der Waals surface area contributed by atoms with Gasteiger partial charge in [-0.15, -0.1) is 5.10 Å². The SMILES string of the molecule is c1ccc(-c2nnnn2-c2cccc3ccccc23)cc1. The number of hydrogen-bond donors (Lipinski definition) is 0. The van der Waals surface area contributed by atoms with E-state index in [-0.39, 0.29) is 0 Å². The Hall–Kier alpha value is -3.01. The van der Waals surface area contributed by atoms with Crippen molar-refractivity contribution in [3.8, 4) is 17.1 Å². The molecule has 3 aromatic carbocycles. The van der Waals surface area contributed by atoms with Gasteiger partial charge in [-0.05, 0) is 21.9 Å². The summed E-state index contributed by atoms with van der Waals surface area (Å²) < 4.78 is 1.79. The van der Waals surface area contributed by atoms with Gasteiger partial charge in [0.15, 0.2) is 5.82 Å². The summed E-state index contributed by atoms with van der Waals surface area (Å²) in [6.07, 6.45) is 0. The summed E-state index contributed by atoms with van der Waals surface area (Å²) in [4.78, 5) is 0. The smallest absolute Gasteiger partial charge is 0.187 e. The lowest BCUT2D eigenvalue weighted by molar-refractivity contribution is 0.795. The van der Waals surface area contributed by atoms with E-state index < -0.39 is 0 Å². The van der Waals surface area contributed by atoms with Crippen molar-refractivity contribution in [2.75, 3.05) is 0 Å². The lowest BCUT2D eigenvalue weighted by atomic mass is 10.1. The fourth-order valence-corrected chi connectivity index (χ4v) is 2.51. The van der Waals surface area contributed by atoms with E-state index >= 15 is 0 Å². The Balaban J connectivity index is 1.97. The molecule has 0 bridgehead atoms. The van der Waals surface area contributed by atoms with Gasteiger partial charge in [-0.25, -0.2) is 0 Å². The van der Waals surface area contributed by atoms with Gasteiger partial charge in [0.05, 0.1) is 5.69 Å². The van der Waals surface area contributed by atoms with Crippen LogP contribution in [0.3, 0.4) is 0 Å². The zero-order valence-corrected chi connectivity index (χ0v) is 11.2. The molecule has 0 amide bonds. The summed E-state index contributed by atoms with van der Waals surface area (Å²) in [5.41, 5.74) is 1.98. The summed E-state index contributed by atoms with van der Waals surface area (Å²) in [5.74, 6) is 0.743. The van der Waals surface area contributed by atoms with E-state index in [9.17, 15) is 0 Å². The van der Waals surface area contributed by atoms with Crippen LogP contribution >= 0.6 is 0 Å². The number of tetrazole rings is 1. The molecule has 0 aliphatic rings. The van der Waals surface area contributed by atoms with Crippen molar-refractivity contribution in [2.24, 2.45) is 0 Å². The van der Waals surface area contributed by atoms with Crippen molar-refractivity contribution in [1.29, 1.82) is 0 Å². The van der Waals surface area contributed by atoms with Gasteiger partial charge in [-0.3, -0.25) is 0 Å². The number of aromatic nitrogens is 4. The second-order valence-electron chi connectivity index (χ2n) is 4.78. The highest BCUT2D eigenvalue weighted by Crippen LogP contribution is 2.25. The second-order valence-corrected chi connectivity index (χ2v) is 4.78. The number of benzene rings is 3. The number of rotatable bonds is 2. The van der Waals surface area contributed by atoms with Crippen LogP contribution in [0.5, 0.6) is 0 Å². The maximum absolute atomic E-state index is 4.17. The van der Waals surface area contributed by atoms with Gasteiger partial charge in [0.1, 0.15) is 0 Å². The zero-order valence-electron chi connectivity index (χ0n) is 11.2. The monoisotopic (exact) mass is 272 g/mol. The van der Waals surface area contributed by atoms with Crippen LogP contribution in [0.15, 0.2) is 72.8 Å². The van der Waals surface area contributed by atoms with Crippen molar-refractivity contribution < 1.29 is 0 Å². The van der Waals surface area contributed by atoms with Gasteiger partial charge in [0.25, 0.3) is 0 Å². The molecule has 21 heavy (non-hydrogen) atoms. The van der Waals surface area contributed by atoms with Gasteiger partial charge in [-0.1, -0.05) is 66.7 Å². The van der Waals surface area contributed by atoms with E-state index in [0.29, 0.717) is 0 Å². The third kappa shape index (κ3) is 1.97. The molecule has 0 unspecified atom stereocenters. The standard InChI is InChI=1S/C17H12N4/c1-2-8-14(9-3-1)17-18-19-20-21(17)16-12-6-10-13-7-4-5-11-15(13)16/h1-12H. The van der Waals surface area contributed by atoms with Crippen molar-refractivity contribution in [3.63, 3.8) is 0 Å². The topological polar surface area (TPSA) is 43.6 Å². The number of nitrogens with zero attached hydrogens (tertiary/aromatic N) is 4. The predicted octanol–water partition coefficient (Wildman–Crippen LogP) is 3.48. The van der Waals surface area contributed by atoms with Crippen LogP contribution < -0.4 is 0 Å². The molecule has 0 fully saturated rings. The summed E-state index contributed by atoms with van der Waals surface area (Å²) in [5, 5.41) is 14.5. The van der Waals surface area contributed by atoms with Gasteiger partial charge in [0, 0.05) is 10.9 Å². The minimum Gasteiger partial charge on any atom is -0.192 e. The maximum atomic E-state index is 4.17. The number of fused-ring (bicyclic) bond motifs is 1. The predicted molar refractivity (Wildman–Crippen MR) is 82.1 cm³/mol. The lowest BCUT2D eigenvalue weighted by Crippen LogP contribution is -2.00. The first-order valence-corrected chi connectivity index (χ1v) is 6.75. The quantitative estimate of drug-likeness (QED) is 0.561. The molecule has 0 saturated heterocycles. The fourth-order valence-electron chi connectivity index (χ4n) is 2.51. The van der Waals surface area contributed by atoms with Crippen molar-refractivity contribution in [3.05, 3.63) is 72.8 Å². The highest BCUT2D eigenvalue weighted by molar-refractivity contribution is 5.90. The van der Waals surface area contributed by atoms with E-state index in [4.69, 9.17) is 0 Å². The van der Waals surface area contributed by atoms with Crippen LogP contribution in [0, 0.1) is 0 Å². The largest absolute Gasteiger partial charge is 0.192 e. The molecule has 4 aromatic rings. The van der Waals surface area contributed by atoms with Crippen LogP contribution in [-0.4, -0.2) is 20.2 Å². The van der Waals surface area contributed by atoms with Crippen molar-refractivity contribution in [1.82, 2.24) is 20.2 Å². The van der Waals surface area contributed by atoms with Crippen LogP contribution in [0.1, 0.15) is 0 Å². The fraction of sp³-hybridized carbons (Fsp3) is 0. The highest BCUT2D eigenvalue weighted by Gasteiger charge is 2.12. The molecule has 1 aromatic heterocycles. The van der Waals surface area contributed by atoms with Crippen LogP contribution in [0.4, 0.5) is 0 Å². The van der Waals surface area contributed by atoms with Crippen molar-refractivity contribution in [2.45, 2.75) is 0 Å². The average Bonchev–Trinajstić information content (AvgIpc) is 3.04. The van der Waals surface area contributed by atoms with E-state index in [0.717, 1.165) is 22.5 Å². The molecule has 4 heteroatoms. The molecule has 0 spiro atoms. The molecule has 0 atom stereocenters. The molecule has 4 nitrogen and oxygen atoms in total. The zero-order chi connectivity index (χ0) is 14.1. The van der Waals surface area contributed by atoms with E-state index in [1.807, 2.05) is 54.6 Å². The lowest BCUT2D eigenvalue weighted by Gasteiger charge is -2.08. The molecule has 0 saturated carbocycles. The first-order valence-electron chi connectivity index (χ1n) is 6.75. The molecular formula is C17H12N4. The Morgan fingerprint density at radius 3 is 2.38 bits per heavy atom. The number of hydrogen-bond acceptors (Lipinski definition) is 3. The Bertz CT molecular complexity index is 891. The maximum Gasteiger partial charge on any atom is 0.187 e. The van der Waals surface area contributed by atoms with Gasteiger partial charge >= 0.3 is 0 Å². The average molecular weight is 272 g/mol. The Morgan fingerprint density at radius 2 is 1.48 bits per heavy atom. The molecule has 1 heterocycles. The van der Waals surface area contributed by atoms with Gasteiger partial charge in [0.2, 0.25) is 0 Å². The van der Waals surface area contributed by atoms with Crippen LogP contribution in [0.2, 0.25) is 0 Å². The normalized spacial score (nSPS) is 10.9. The first kappa shape index (κ1) is 11.8. The van der Waals surface area contributed by atoms with Crippen LogP contribution in [-0.2, 0) is 0 Å². The minimum atomic E-state index is 0.743.